The lowest BCUT2D eigenvalue weighted by Crippen LogP contribution is -3.00. The van der Waals surface area contributed by atoms with Crippen molar-refractivity contribution in [2.75, 3.05) is 21.2 Å². The van der Waals surface area contributed by atoms with Gasteiger partial charge in [0.15, 0.2) is 11.4 Å². The van der Waals surface area contributed by atoms with Gasteiger partial charge in [-0.15, -0.1) is 0 Å². The summed E-state index contributed by atoms with van der Waals surface area (Å²) in [5.74, 6) is 0.899. The lowest BCUT2D eigenvalue weighted by molar-refractivity contribution is -0.786. The van der Waals surface area contributed by atoms with E-state index in [4.69, 9.17) is 4.74 Å². The lowest BCUT2D eigenvalue weighted by atomic mass is 10.2. The summed E-state index contributed by atoms with van der Waals surface area (Å²) in [5.41, 5.74) is 1.79. The van der Waals surface area contributed by atoms with Gasteiger partial charge >= 0.3 is 0 Å². The van der Waals surface area contributed by atoms with E-state index >= 15 is 0 Å². The first-order valence-electron chi connectivity index (χ1n) is 6.61. The van der Waals surface area contributed by atoms with Gasteiger partial charge in [-0.3, -0.25) is 0 Å². The molecule has 0 aliphatic heterocycles. The summed E-state index contributed by atoms with van der Waals surface area (Å²) in [6.07, 6.45) is 0. The maximum absolute atomic E-state index is 10.2. The average Bonchev–Trinajstić information content (AvgIpc) is 2.43. The summed E-state index contributed by atoms with van der Waals surface area (Å²) in [6, 6.07) is 9.06. The van der Waals surface area contributed by atoms with Crippen LogP contribution in [0.1, 0.15) is 5.56 Å². The summed E-state index contributed by atoms with van der Waals surface area (Å²) in [5, 5.41) is 19.6. The maximum Gasteiger partial charge on any atom is 0.220 e. The van der Waals surface area contributed by atoms with Crippen molar-refractivity contribution in [2.24, 2.45) is 0 Å². The summed E-state index contributed by atoms with van der Waals surface area (Å²) in [6.45, 7) is 1.96. The molecule has 0 aliphatic carbocycles. The van der Waals surface area contributed by atoms with E-state index in [1.165, 1.54) is 0 Å². The first-order chi connectivity index (χ1) is 9.92. The molecule has 3 N–H and O–H groups in total. The summed E-state index contributed by atoms with van der Waals surface area (Å²) < 4.78 is 5.25. The van der Waals surface area contributed by atoms with E-state index in [1.54, 1.807) is 31.0 Å². The van der Waals surface area contributed by atoms with Crippen LogP contribution in [0.5, 0.6) is 17.2 Å². The molecule has 0 amide bonds. The van der Waals surface area contributed by atoms with Gasteiger partial charge in [0.05, 0.1) is 21.2 Å². The molecule has 0 atom stereocenters. The Morgan fingerprint density at radius 3 is 2.38 bits per heavy atom. The number of rotatable bonds is 4. The molecule has 2 aromatic rings. The van der Waals surface area contributed by atoms with Crippen LogP contribution in [0.3, 0.4) is 0 Å². The van der Waals surface area contributed by atoms with Crippen molar-refractivity contribution in [3.63, 3.8) is 0 Å². The van der Waals surface area contributed by atoms with Crippen molar-refractivity contribution in [2.45, 2.75) is 16.7 Å². The van der Waals surface area contributed by atoms with E-state index in [1.807, 2.05) is 39.2 Å². The minimum atomic E-state index is 0.171. The average molecular weight is 306 g/mol. The predicted molar refractivity (Wildman–Crippen MR) is 84.1 cm³/mol. The minimum Gasteiger partial charge on any atom is -0.508 e. The zero-order valence-corrected chi connectivity index (χ0v) is 13.4. The Labute approximate surface area is 129 Å². The van der Waals surface area contributed by atoms with Crippen molar-refractivity contribution >= 4 is 17.4 Å². The standard InChI is InChI=1S/C16H19NO3S/c1-10-7-11(18)5-6-15(10)21-12-8-13(17(2)3)16(19)14(9-12)20-4/h5-9,18-19H,1-4H3/p+1. The number of hydrogen-bond acceptors (Lipinski definition) is 4. The Balaban J connectivity index is 2.42. The zero-order valence-electron chi connectivity index (χ0n) is 12.6. The van der Waals surface area contributed by atoms with Crippen LogP contribution in [0.2, 0.25) is 0 Å². The van der Waals surface area contributed by atoms with Crippen molar-refractivity contribution in [1.82, 2.24) is 0 Å². The van der Waals surface area contributed by atoms with E-state index in [0.29, 0.717) is 5.75 Å². The molecule has 0 fully saturated rings. The monoisotopic (exact) mass is 306 g/mol. The van der Waals surface area contributed by atoms with Gasteiger partial charge < -0.3 is 19.8 Å². The van der Waals surface area contributed by atoms with Crippen LogP contribution < -0.4 is 9.64 Å². The van der Waals surface area contributed by atoms with Crippen molar-refractivity contribution in [3.05, 3.63) is 35.9 Å². The normalized spacial score (nSPS) is 10.9. The van der Waals surface area contributed by atoms with E-state index in [-0.39, 0.29) is 11.5 Å². The molecular weight excluding hydrogens is 286 g/mol. The van der Waals surface area contributed by atoms with Crippen LogP contribution in [-0.4, -0.2) is 31.4 Å². The molecule has 0 saturated carbocycles. The molecule has 0 aliphatic rings. The molecule has 5 heteroatoms. The summed E-state index contributed by atoms with van der Waals surface area (Å²) in [7, 11) is 5.45. The third-order valence-electron chi connectivity index (χ3n) is 3.19. The van der Waals surface area contributed by atoms with Crippen molar-refractivity contribution in [3.8, 4) is 17.2 Å². The second-order valence-electron chi connectivity index (χ2n) is 5.07. The Bertz CT molecular complexity index is 656. The number of phenols is 2. The molecule has 21 heavy (non-hydrogen) atoms. The quantitative estimate of drug-likeness (QED) is 0.759. The number of nitrogens with one attached hydrogen (secondary N) is 1. The summed E-state index contributed by atoms with van der Waals surface area (Å²) in [4.78, 5) is 3.06. The molecule has 4 nitrogen and oxygen atoms in total. The first-order valence-corrected chi connectivity index (χ1v) is 7.43. The van der Waals surface area contributed by atoms with Crippen LogP contribution in [-0.2, 0) is 0 Å². The number of hydrogen-bond donors (Lipinski definition) is 3. The van der Waals surface area contributed by atoms with Crippen LogP contribution in [0, 0.1) is 6.92 Å². The van der Waals surface area contributed by atoms with Gasteiger partial charge in [-0.1, -0.05) is 11.8 Å². The third-order valence-corrected chi connectivity index (χ3v) is 4.34. The number of aromatic hydroxyl groups is 2. The number of methoxy groups -OCH3 is 1. The zero-order chi connectivity index (χ0) is 15.6. The first kappa shape index (κ1) is 15.5. The molecule has 112 valence electrons. The van der Waals surface area contributed by atoms with Crippen LogP contribution in [0.15, 0.2) is 40.1 Å². The number of phenolic OH excluding ortho intramolecular Hbond substituents is 2. The topological polar surface area (TPSA) is 54.1 Å². The largest absolute Gasteiger partial charge is 0.508 e. The third kappa shape index (κ3) is 3.43. The molecular formula is C16H20NO3S+. The van der Waals surface area contributed by atoms with Crippen LogP contribution in [0.25, 0.3) is 0 Å². The Hall–Kier alpha value is -1.85. The molecule has 2 rings (SSSR count). The second-order valence-corrected chi connectivity index (χ2v) is 6.19. The van der Waals surface area contributed by atoms with E-state index in [0.717, 1.165) is 25.9 Å². The summed E-state index contributed by atoms with van der Waals surface area (Å²) >= 11 is 1.58. The van der Waals surface area contributed by atoms with Gasteiger partial charge in [0.25, 0.3) is 0 Å². The second kappa shape index (κ2) is 6.28. The molecule has 0 radical (unpaired) electrons. The molecule has 0 spiro atoms. The van der Waals surface area contributed by atoms with Gasteiger partial charge in [0, 0.05) is 15.9 Å². The number of aryl methyl sites for hydroxylation is 1. The Morgan fingerprint density at radius 1 is 1.10 bits per heavy atom. The van der Waals surface area contributed by atoms with Gasteiger partial charge in [-0.05, 0) is 36.8 Å². The van der Waals surface area contributed by atoms with Gasteiger partial charge in [-0.2, -0.15) is 0 Å². The smallest absolute Gasteiger partial charge is 0.220 e. The number of ether oxygens (including phenoxy) is 1. The molecule has 0 bridgehead atoms. The Kier molecular flexibility index (Phi) is 4.65. The molecule has 0 heterocycles. The molecule has 0 saturated heterocycles. The van der Waals surface area contributed by atoms with Crippen molar-refractivity contribution in [1.29, 1.82) is 0 Å². The van der Waals surface area contributed by atoms with Gasteiger partial charge in [0.2, 0.25) is 5.75 Å². The molecule has 2 aromatic carbocycles. The van der Waals surface area contributed by atoms with E-state index in [2.05, 4.69) is 0 Å². The van der Waals surface area contributed by atoms with Crippen LogP contribution >= 0.6 is 11.8 Å². The Morgan fingerprint density at radius 2 is 1.81 bits per heavy atom. The van der Waals surface area contributed by atoms with Gasteiger partial charge in [0.1, 0.15) is 5.75 Å². The fourth-order valence-electron chi connectivity index (χ4n) is 2.05. The lowest BCUT2D eigenvalue weighted by Gasteiger charge is -2.14. The highest BCUT2D eigenvalue weighted by Crippen LogP contribution is 2.40. The fourth-order valence-corrected chi connectivity index (χ4v) is 3.01. The minimum absolute atomic E-state index is 0.171. The SMILES string of the molecule is COc1cc(Sc2ccc(O)cc2C)cc([NH+](C)C)c1O. The predicted octanol–water partition coefficient (Wildman–Crippen LogP) is 2.34. The highest BCUT2D eigenvalue weighted by Gasteiger charge is 2.17. The molecule has 0 aromatic heterocycles. The highest BCUT2D eigenvalue weighted by atomic mass is 32.2. The fraction of sp³-hybridized carbons (Fsp3) is 0.250. The van der Waals surface area contributed by atoms with E-state index < -0.39 is 0 Å². The number of benzene rings is 2. The number of quaternary nitrogens is 1. The van der Waals surface area contributed by atoms with Gasteiger partial charge in [-0.25, -0.2) is 0 Å². The van der Waals surface area contributed by atoms with Crippen molar-refractivity contribution < 1.29 is 19.8 Å². The van der Waals surface area contributed by atoms with E-state index in [9.17, 15) is 10.2 Å². The van der Waals surface area contributed by atoms with Crippen LogP contribution in [0.4, 0.5) is 5.69 Å². The molecule has 0 unspecified atom stereocenters. The highest BCUT2D eigenvalue weighted by molar-refractivity contribution is 7.99. The maximum atomic E-state index is 10.2.